The van der Waals surface area contributed by atoms with Crippen LogP contribution >= 0.6 is 0 Å². The van der Waals surface area contributed by atoms with Gasteiger partial charge in [0.25, 0.3) is 0 Å². The van der Waals surface area contributed by atoms with Gasteiger partial charge in [0.15, 0.2) is 11.5 Å². The Bertz CT molecular complexity index is 1190. The van der Waals surface area contributed by atoms with Crippen molar-refractivity contribution in [3.05, 3.63) is 52.4 Å². The molecular weight excluding hydrogens is 372 g/mol. The minimum atomic E-state index is -0.409. The summed E-state index contributed by atoms with van der Waals surface area (Å²) in [6.45, 7) is 3.94. The second-order valence-electron chi connectivity index (χ2n) is 7.28. The predicted octanol–water partition coefficient (Wildman–Crippen LogP) is 4.67. The summed E-state index contributed by atoms with van der Waals surface area (Å²) in [6.07, 6.45) is 5.32. The molecule has 0 amide bonds. The van der Waals surface area contributed by atoms with Crippen LogP contribution in [0.4, 0.5) is 0 Å². The summed E-state index contributed by atoms with van der Waals surface area (Å²) in [5.74, 6) is 2.17. The standard InChI is InChI=1S/C23H22O6/c1-23(2)9-8-13-17(29-23)7-6-14-21(24)16(12-28-22(13)14)15-10-19(26-4)20(27-5)11-18(15)25-3/h6-12H,1-5H3. The monoisotopic (exact) mass is 394 g/mol. The lowest BCUT2D eigenvalue weighted by Crippen LogP contribution is -2.27. The Morgan fingerprint density at radius 2 is 1.59 bits per heavy atom. The van der Waals surface area contributed by atoms with E-state index in [1.54, 1.807) is 31.4 Å². The smallest absolute Gasteiger partial charge is 0.200 e. The molecule has 150 valence electrons. The molecule has 0 bridgehead atoms. The lowest BCUT2D eigenvalue weighted by molar-refractivity contribution is 0.159. The first kappa shape index (κ1) is 18.9. The summed E-state index contributed by atoms with van der Waals surface area (Å²) in [4.78, 5) is 13.3. The molecule has 0 aliphatic carbocycles. The van der Waals surface area contributed by atoms with Crippen molar-refractivity contribution in [1.29, 1.82) is 0 Å². The molecule has 1 aliphatic rings. The zero-order chi connectivity index (χ0) is 20.8. The highest BCUT2D eigenvalue weighted by molar-refractivity contribution is 5.91. The summed E-state index contributed by atoms with van der Waals surface area (Å²) < 4.78 is 28.1. The number of rotatable bonds is 4. The Morgan fingerprint density at radius 1 is 0.897 bits per heavy atom. The first-order chi connectivity index (χ1) is 13.9. The first-order valence-corrected chi connectivity index (χ1v) is 9.15. The summed E-state index contributed by atoms with van der Waals surface area (Å²) in [6, 6.07) is 6.92. The molecule has 0 spiro atoms. The third kappa shape index (κ3) is 3.10. The highest BCUT2D eigenvalue weighted by atomic mass is 16.5. The van der Waals surface area contributed by atoms with E-state index in [0.717, 1.165) is 5.56 Å². The van der Waals surface area contributed by atoms with Crippen LogP contribution in [0.15, 0.2) is 45.8 Å². The summed E-state index contributed by atoms with van der Waals surface area (Å²) in [5.41, 5.74) is 1.60. The molecular formula is C23H22O6. The number of benzene rings is 2. The van der Waals surface area contributed by atoms with Crippen LogP contribution in [0.2, 0.25) is 0 Å². The molecule has 0 unspecified atom stereocenters. The number of ether oxygens (including phenoxy) is 4. The van der Waals surface area contributed by atoms with Crippen LogP contribution in [0.25, 0.3) is 28.2 Å². The Hall–Kier alpha value is -3.41. The first-order valence-electron chi connectivity index (χ1n) is 9.15. The topological polar surface area (TPSA) is 67.1 Å². The van der Waals surface area contributed by atoms with E-state index >= 15 is 0 Å². The van der Waals surface area contributed by atoms with Gasteiger partial charge in [-0.15, -0.1) is 0 Å². The molecule has 0 radical (unpaired) electrons. The fourth-order valence-corrected chi connectivity index (χ4v) is 3.48. The summed E-state index contributed by atoms with van der Waals surface area (Å²) >= 11 is 0. The van der Waals surface area contributed by atoms with Crippen molar-refractivity contribution in [2.75, 3.05) is 21.3 Å². The van der Waals surface area contributed by atoms with E-state index in [4.69, 9.17) is 23.4 Å². The van der Waals surface area contributed by atoms with E-state index in [0.29, 0.717) is 45.1 Å². The normalized spacial score (nSPS) is 14.2. The van der Waals surface area contributed by atoms with Gasteiger partial charge < -0.3 is 23.4 Å². The Balaban J connectivity index is 1.94. The van der Waals surface area contributed by atoms with Gasteiger partial charge in [0, 0.05) is 11.6 Å². The van der Waals surface area contributed by atoms with Crippen molar-refractivity contribution in [2.45, 2.75) is 19.4 Å². The van der Waals surface area contributed by atoms with Crippen LogP contribution in [0, 0.1) is 0 Å². The van der Waals surface area contributed by atoms with Gasteiger partial charge >= 0.3 is 0 Å². The zero-order valence-corrected chi connectivity index (χ0v) is 17.0. The van der Waals surface area contributed by atoms with Gasteiger partial charge in [-0.05, 0) is 44.2 Å². The van der Waals surface area contributed by atoms with E-state index < -0.39 is 5.60 Å². The maximum atomic E-state index is 13.3. The van der Waals surface area contributed by atoms with Crippen molar-refractivity contribution in [3.63, 3.8) is 0 Å². The van der Waals surface area contributed by atoms with Crippen LogP contribution in [0.5, 0.6) is 23.0 Å². The SMILES string of the molecule is COc1cc(OC)c(-c2coc3c4c(ccc3c2=O)OC(C)(C)C=C4)cc1OC. The van der Waals surface area contributed by atoms with E-state index in [2.05, 4.69) is 0 Å². The lowest BCUT2D eigenvalue weighted by atomic mass is 9.99. The number of fused-ring (bicyclic) bond motifs is 3. The third-order valence-electron chi connectivity index (χ3n) is 4.96. The second kappa shape index (κ2) is 6.88. The maximum absolute atomic E-state index is 13.3. The lowest BCUT2D eigenvalue weighted by Gasteiger charge is -2.27. The fraction of sp³-hybridized carbons (Fsp3) is 0.261. The quantitative estimate of drug-likeness (QED) is 0.641. The molecule has 0 saturated carbocycles. The average Bonchev–Trinajstić information content (AvgIpc) is 2.72. The van der Waals surface area contributed by atoms with Crippen LogP contribution in [0.1, 0.15) is 19.4 Å². The van der Waals surface area contributed by atoms with Crippen LogP contribution in [0.3, 0.4) is 0 Å². The van der Waals surface area contributed by atoms with E-state index in [1.807, 2.05) is 26.0 Å². The molecule has 4 rings (SSSR count). The van der Waals surface area contributed by atoms with Crippen molar-refractivity contribution in [2.24, 2.45) is 0 Å². The zero-order valence-electron chi connectivity index (χ0n) is 17.0. The van der Waals surface area contributed by atoms with Crippen LogP contribution in [-0.4, -0.2) is 26.9 Å². The molecule has 1 aliphatic heterocycles. The number of hydrogen-bond acceptors (Lipinski definition) is 6. The molecule has 6 nitrogen and oxygen atoms in total. The molecule has 1 aromatic heterocycles. The van der Waals surface area contributed by atoms with E-state index in [-0.39, 0.29) is 5.43 Å². The minimum Gasteiger partial charge on any atom is -0.496 e. The highest BCUT2D eigenvalue weighted by Gasteiger charge is 2.25. The molecule has 0 N–H and O–H groups in total. The van der Waals surface area contributed by atoms with Crippen molar-refractivity contribution in [3.8, 4) is 34.1 Å². The van der Waals surface area contributed by atoms with Crippen LogP contribution in [-0.2, 0) is 0 Å². The van der Waals surface area contributed by atoms with Gasteiger partial charge in [-0.25, -0.2) is 0 Å². The molecule has 6 heteroatoms. The summed E-state index contributed by atoms with van der Waals surface area (Å²) in [7, 11) is 4.62. The van der Waals surface area contributed by atoms with Crippen molar-refractivity contribution in [1.82, 2.24) is 0 Å². The van der Waals surface area contributed by atoms with E-state index in [1.165, 1.54) is 20.5 Å². The molecule has 3 aromatic rings. The molecule has 0 fully saturated rings. The van der Waals surface area contributed by atoms with Crippen LogP contribution < -0.4 is 24.4 Å². The highest BCUT2D eigenvalue weighted by Crippen LogP contribution is 2.40. The van der Waals surface area contributed by atoms with Gasteiger partial charge in [-0.3, -0.25) is 4.79 Å². The average molecular weight is 394 g/mol. The Morgan fingerprint density at radius 3 is 2.28 bits per heavy atom. The third-order valence-corrected chi connectivity index (χ3v) is 4.96. The molecule has 0 saturated heterocycles. The van der Waals surface area contributed by atoms with Gasteiger partial charge in [0.2, 0.25) is 5.43 Å². The summed E-state index contributed by atoms with van der Waals surface area (Å²) in [5, 5.41) is 0.464. The van der Waals surface area contributed by atoms with Gasteiger partial charge in [0.1, 0.15) is 28.9 Å². The van der Waals surface area contributed by atoms with E-state index in [9.17, 15) is 4.79 Å². The molecule has 2 aromatic carbocycles. The Kier molecular flexibility index (Phi) is 4.49. The van der Waals surface area contributed by atoms with Crippen molar-refractivity contribution >= 4 is 17.0 Å². The minimum absolute atomic E-state index is 0.169. The predicted molar refractivity (Wildman–Crippen MR) is 111 cm³/mol. The molecule has 0 atom stereocenters. The maximum Gasteiger partial charge on any atom is 0.200 e. The molecule has 29 heavy (non-hydrogen) atoms. The van der Waals surface area contributed by atoms with Crippen molar-refractivity contribution < 1.29 is 23.4 Å². The number of hydrogen-bond donors (Lipinski definition) is 0. The van der Waals surface area contributed by atoms with Gasteiger partial charge in [-0.1, -0.05) is 0 Å². The molecule has 2 heterocycles. The largest absolute Gasteiger partial charge is 0.496 e. The number of methoxy groups -OCH3 is 3. The fourth-order valence-electron chi connectivity index (χ4n) is 3.48. The Labute approximate surface area is 168 Å². The van der Waals surface area contributed by atoms with Gasteiger partial charge in [0.05, 0.1) is 37.8 Å². The second-order valence-corrected chi connectivity index (χ2v) is 7.28. The van der Waals surface area contributed by atoms with Gasteiger partial charge in [-0.2, -0.15) is 0 Å².